The number of hydrogen-bond donors (Lipinski definition) is 2. The van der Waals surface area contributed by atoms with Gasteiger partial charge in [0.15, 0.2) is 5.82 Å². The highest BCUT2D eigenvalue weighted by Crippen LogP contribution is 2.26. The fraction of sp³-hybridized carbons (Fsp3) is 0.200. The number of hydrogen-bond acceptors (Lipinski definition) is 5. The number of nitrogens with two attached hydrogens (primary N) is 1. The molecule has 3 N–H and O–H groups in total. The fourth-order valence-electron chi connectivity index (χ4n) is 1.30. The van der Waals surface area contributed by atoms with E-state index in [1.807, 2.05) is 0 Å². The van der Waals surface area contributed by atoms with Gasteiger partial charge in [0.1, 0.15) is 5.82 Å². The average Bonchev–Trinajstić information content (AvgIpc) is 2.68. The molecule has 0 aliphatic carbocycles. The third-order valence-electron chi connectivity index (χ3n) is 2.10. The summed E-state index contributed by atoms with van der Waals surface area (Å²) >= 11 is 3.06. The molecule has 0 fully saturated rings. The van der Waals surface area contributed by atoms with Crippen molar-refractivity contribution < 1.29 is 8.91 Å². The molecule has 2 aromatic rings. The Morgan fingerprint density at radius 2 is 2.29 bits per heavy atom. The number of nitrogens with zero attached hydrogens (tertiary/aromatic N) is 2. The van der Waals surface area contributed by atoms with Crippen LogP contribution in [-0.2, 0) is 6.54 Å². The van der Waals surface area contributed by atoms with Crippen LogP contribution in [0, 0.1) is 12.7 Å². The van der Waals surface area contributed by atoms with Crippen LogP contribution in [0.3, 0.4) is 0 Å². The lowest BCUT2D eigenvalue weighted by atomic mass is 10.2. The van der Waals surface area contributed by atoms with Crippen molar-refractivity contribution in [2.45, 2.75) is 13.5 Å². The van der Waals surface area contributed by atoms with Crippen molar-refractivity contribution in [3.05, 3.63) is 34.1 Å². The number of halogens is 2. The van der Waals surface area contributed by atoms with Crippen LogP contribution in [0.4, 0.5) is 15.8 Å². The number of anilines is 2. The monoisotopic (exact) mass is 300 g/mol. The van der Waals surface area contributed by atoms with Crippen LogP contribution >= 0.6 is 15.9 Å². The van der Waals surface area contributed by atoms with Gasteiger partial charge in [-0.3, -0.25) is 0 Å². The standard InChI is InChI=1S/C10H10BrFN4O/c1-5-15-10(16-17-5)4-14-9-3-7(12)6(11)2-8(9)13/h2-3,14H,4,13H2,1H3. The first-order chi connectivity index (χ1) is 8.06. The first-order valence-electron chi connectivity index (χ1n) is 4.84. The minimum atomic E-state index is -0.383. The molecule has 1 aromatic carbocycles. The van der Waals surface area contributed by atoms with E-state index in [2.05, 4.69) is 31.4 Å². The van der Waals surface area contributed by atoms with E-state index in [0.717, 1.165) is 0 Å². The summed E-state index contributed by atoms with van der Waals surface area (Å²) in [5, 5.41) is 6.65. The molecule has 0 unspecified atom stereocenters. The van der Waals surface area contributed by atoms with Gasteiger partial charge in [0.05, 0.1) is 22.4 Å². The fourth-order valence-corrected chi connectivity index (χ4v) is 1.66. The largest absolute Gasteiger partial charge is 0.397 e. The molecule has 0 aliphatic heterocycles. The van der Waals surface area contributed by atoms with Crippen LogP contribution in [0.15, 0.2) is 21.1 Å². The predicted molar refractivity (Wildman–Crippen MR) is 64.9 cm³/mol. The van der Waals surface area contributed by atoms with Crippen molar-refractivity contribution in [1.29, 1.82) is 0 Å². The van der Waals surface area contributed by atoms with E-state index in [0.29, 0.717) is 34.1 Å². The number of nitrogens with one attached hydrogen (secondary N) is 1. The predicted octanol–water partition coefficient (Wildman–Crippen LogP) is 2.47. The van der Waals surface area contributed by atoms with Gasteiger partial charge in [-0.2, -0.15) is 4.98 Å². The summed E-state index contributed by atoms with van der Waals surface area (Å²) in [6.07, 6.45) is 0. The summed E-state index contributed by atoms with van der Waals surface area (Å²) in [7, 11) is 0. The smallest absolute Gasteiger partial charge is 0.223 e. The molecule has 0 atom stereocenters. The maximum Gasteiger partial charge on any atom is 0.223 e. The van der Waals surface area contributed by atoms with Gasteiger partial charge in [-0.25, -0.2) is 4.39 Å². The molecule has 17 heavy (non-hydrogen) atoms. The SMILES string of the molecule is Cc1nc(CNc2cc(F)c(Br)cc2N)no1. The van der Waals surface area contributed by atoms with E-state index in [4.69, 9.17) is 10.3 Å². The molecule has 0 spiro atoms. The van der Waals surface area contributed by atoms with Crippen LogP contribution in [0.5, 0.6) is 0 Å². The lowest BCUT2D eigenvalue weighted by Gasteiger charge is -2.08. The number of aryl methyl sites for hydroxylation is 1. The molecule has 1 aromatic heterocycles. The van der Waals surface area contributed by atoms with Crippen LogP contribution in [0.25, 0.3) is 0 Å². The summed E-state index contributed by atoms with van der Waals surface area (Å²) in [5.74, 6) is 0.591. The highest BCUT2D eigenvalue weighted by molar-refractivity contribution is 9.10. The van der Waals surface area contributed by atoms with Crippen LogP contribution in [-0.4, -0.2) is 10.1 Å². The normalized spacial score (nSPS) is 10.5. The Balaban J connectivity index is 2.11. The van der Waals surface area contributed by atoms with E-state index >= 15 is 0 Å². The van der Waals surface area contributed by atoms with Crippen molar-refractivity contribution in [2.75, 3.05) is 11.1 Å². The molecular weight excluding hydrogens is 291 g/mol. The molecule has 0 saturated carbocycles. The molecule has 0 saturated heterocycles. The Bertz CT molecular complexity index is 543. The van der Waals surface area contributed by atoms with Gasteiger partial charge in [-0.05, 0) is 22.0 Å². The summed E-state index contributed by atoms with van der Waals surface area (Å²) in [4.78, 5) is 4.01. The van der Waals surface area contributed by atoms with Gasteiger partial charge in [0.25, 0.3) is 0 Å². The minimum Gasteiger partial charge on any atom is -0.397 e. The topological polar surface area (TPSA) is 77.0 Å². The Morgan fingerprint density at radius 1 is 1.53 bits per heavy atom. The highest BCUT2D eigenvalue weighted by atomic mass is 79.9. The summed E-state index contributed by atoms with van der Waals surface area (Å²) in [6.45, 7) is 2.02. The first-order valence-corrected chi connectivity index (χ1v) is 5.63. The van der Waals surface area contributed by atoms with E-state index in [1.165, 1.54) is 12.1 Å². The van der Waals surface area contributed by atoms with Crippen molar-refractivity contribution in [3.63, 3.8) is 0 Å². The second kappa shape index (κ2) is 4.70. The van der Waals surface area contributed by atoms with E-state index in [-0.39, 0.29) is 5.82 Å². The number of nitrogen functional groups attached to an aromatic ring is 1. The van der Waals surface area contributed by atoms with Crippen molar-refractivity contribution in [2.24, 2.45) is 0 Å². The molecule has 5 nitrogen and oxygen atoms in total. The third kappa shape index (κ3) is 2.73. The average molecular weight is 301 g/mol. The number of benzene rings is 1. The molecule has 90 valence electrons. The second-order valence-corrected chi connectivity index (χ2v) is 4.29. The van der Waals surface area contributed by atoms with Gasteiger partial charge < -0.3 is 15.6 Å². The van der Waals surface area contributed by atoms with Gasteiger partial charge in [0.2, 0.25) is 5.89 Å². The van der Waals surface area contributed by atoms with Crippen LogP contribution in [0.1, 0.15) is 11.7 Å². The number of rotatable bonds is 3. The maximum atomic E-state index is 13.3. The molecule has 0 bridgehead atoms. The zero-order chi connectivity index (χ0) is 12.4. The van der Waals surface area contributed by atoms with Crippen molar-refractivity contribution in [1.82, 2.24) is 10.1 Å². The quantitative estimate of drug-likeness (QED) is 0.852. The van der Waals surface area contributed by atoms with Crippen LogP contribution < -0.4 is 11.1 Å². The zero-order valence-corrected chi connectivity index (χ0v) is 10.6. The van der Waals surface area contributed by atoms with Gasteiger partial charge in [0, 0.05) is 13.0 Å². The summed E-state index contributed by atoms with van der Waals surface area (Å²) in [6, 6.07) is 2.81. The lowest BCUT2D eigenvalue weighted by Crippen LogP contribution is -2.04. The zero-order valence-electron chi connectivity index (χ0n) is 9.00. The van der Waals surface area contributed by atoms with Gasteiger partial charge in [-0.15, -0.1) is 0 Å². The molecule has 0 radical (unpaired) electrons. The molecule has 1 heterocycles. The number of aromatic nitrogens is 2. The Labute approximate surface area is 105 Å². The van der Waals surface area contributed by atoms with E-state index < -0.39 is 0 Å². The minimum absolute atomic E-state index is 0.322. The third-order valence-corrected chi connectivity index (χ3v) is 2.71. The van der Waals surface area contributed by atoms with Crippen LogP contribution in [0.2, 0.25) is 0 Å². The molecule has 2 rings (SSSR count). The van der Waals surface area contributed by atoms with Gasteiger partial charge >= 0.3 is 0 Å². The Kier molecular flexibility index (Phi) is 3.28. The molecule has 0 aliphatic rings. The van der Waals surface area contributed by atoms with E-state index in [1.54, 1.807) is 6.92 Å². The molecule has 0 amide bonds. The van der Waals surface area contributed by atoms with Crippen molar-refractivity contribution >= 4 is 27.3 Å². The van der Waals surface area contributed by atoms with Crippen molar-refractivity contribution in [3.8, 4) is 0 Å². The second-order valence-electron chi connectivity index (χ2n) is 3.44. The summed E-state index contributed by atoms with van der Waals surface area (Å²) in [5.41, 5.74) is 6.67. The Morgan fingerprint density at radius 3 is 2.94 bits per heavy atom. The first kappa shape index (κ1) is 11.8. The Hall–Kier alpha value is -1.63. The maximum absolute atomic E-state index is 13.3. The summed E-state index contributed by atoms with van der Waals surface area (Å²) < 4.78 is 18.4. The molecule has 7 heteroatoms. The van der Waals surface area contributed by atoms with E-state index in [9.17, 15) is 4.39 Å². The van der Waals surface area contributed by atoms with Gasteiger partial charge in [-0.1, -0.05) is 5.16 Å². The molecular formula is C10H10BrFN4O. The lowest BCUT2D eigenvalue weighted by molar-refractivity contribution is 0.388. The highest BCUT2D eigenvalue weighted by Gasteiger charge is 2.07.